The Balaban J connectivity index is 1.83. The lowest BCUT2D eigenvalue weighted by Gasteiger charge is -2.52. The van der Waals surface area contributed by atoms with Crippen LogP contribution in [0, 0.1) is 16.7 Å². The first-order valence-electron chi connectivity index (χ1n) is 8.92. The van der Waals surface area contributed by atoms with E-state index in [0.29, 0.717) is 5.92 Å². The van der Waals surface area contributed by atoms with Gasteiger partial charge in [-0.15, -0.1) is 0 Å². The number of nitrogens with two attached hydrogens (primary N) is 1. The summed E-state index contributed by atoms with van der Waals surface area (Å²) in [6, 6.07) is 0.152. The van der Waals surface area contributed by atoms with Crippen molar-refractivity contribution in [2.24, 2.45) is 22.5 Å². The van der Waals surface area contributed by atoms with E-state index < -0.39 is 0 Å². The average Bonchev–Trinajstić information content (AvgIpc) is 2.77. The molecule has 3 nitrogen and oxygen atoms in total. The molecule has 0 unspecified atom stereocenters. The Morgan fingerprint density at radius 1 is 1.14 bits per heavy atom. The second-order valence-electron chi connectivity index (χ2n) is 8.53. The van der Waals surface area contributed by atoms with E-state index >= 15 is 0 Å². The van der Waals surface area contributed by atoms with Gasteiger partial charge in [-0.2, -0.15) is 0 Å². The molecule has 1 fully saturated rings. The first-order valence-corrected chi connectivity index (χ1v) is 8.92. The second kappa shape index (κ2) is 4.68. The van der Waals surface area contributed by atoms with Gasteiger partial charge in [0.25, 0.3) is 0 Å². The van der Waals surface area contributed by atoms with Crippen molar-refractivity contribution in [1.82, 2.24) is 0 Å². The third-order valence-corrected chi connectivity index (χ3v) is 7.46. The van der Waals surface area contributed by atoms with Gasteiger partial charge in [0.1, 0.15) is 0 Å². The highest BCUT2D eigenvalue weighted by Crippen LogP contribution is 2.62. The Bertz CT molecular complexity index is 566. The van der Waals surface area contributed by atoms with E-state index in [1.165, 1.54) is 16.7 Å². The fourth-order valence-corrected chi connectivity index (χ4v) is 5.94. The van der Waals surface area contributed by atoms with E-state index in [4.69, 9.17) is 5.73 Å². The lowest BCUT2D eigenvalue weighted by molar-refractivity contribution is 0.0219. The predicted molar refractivity (Wildman–Crippen MR) is 87.1 cm³/mol. The van der Waals surface area contributed by atoms with Gasteiger partial charge in [0.15, 0.2) is 0 Å². The summed E-state index contributed by atoms with van der Waals surface area (Å²) >= 11 is 0. The van der Waals surface area contributed by atoms with Gasteiger partial charge < -0.3 is 15.9 Å². The molecular formula is C19H29NO2. The molecule has 0 aromatic carbocycles. The second-order valence-corrected chi connectivity index (χ2v) is 8.53. The molecule has 0 amide bonds. The molecule has 22 heavy (non-hydrogen) atoms. The summed E-state index contributed by atoms with van der Waals surface area (Å²) in [6.45, 7) is 4.59. The molecule has 0 radical (unpaired) electrons. The minimum Gasteiger partial charge on any atom is -0.393 e. The first kappa shape index (κ1) is 14.9. The zero-order chi connectivity index (χ0) is 15.7. The Hall–Kier alpha value is -0.640. The highest BCUT2D eigenvalue weighted by molar-refractivity contribution is 5.45. The van der Waals surface area contributed by atoms with Crippen molar-refractivity contribution >= 4 is 0 Å². The molecule has 0 bridgehead atoms. The standard InChI is InChI=1S/C19H29NO2/c1-18-7-5-12(20)9-11(18)10-15(21)17-13-3-4-16(22)19(13,2)8-6-14(17)18/h9,12-13,15-16,21-22H,3-8,10,20H2,1-2H3/t12-,13-,15-,16-,18-,19-/m0/s1. The van der Waals surface area contributed by atoms with Crippen LogP contribution in [0.2, 0.25) is 0 Å². The average molecular weight is 303 g/mol. The molecule has 0 heterocycles. The molecule has 6 atom stereocenters. The van der Waals surface area contributed by atoms with E-state index in [-0.39, 0.29) is 29.1 Å². The quantitative estimate of drug-likeness (QED) is 0.603. The van der Waals surface area contributed by atoms with Gasteiger partial charge in [0.2, 0.25) is 0 Å². The van der Waals surface area contributed by atoms with Gasteiger partial charge in [-0.25, -0.2) is 0 Å². The largest absolute Gasteiger partial charge is 0.393 e. The van der Waals surface area contributed by atoms with Gasteiger partial charge in [-0.05, 0) is 56.4 Å². The fraction of sp³-hybridized carbons (Fsp3) is 0.789. The third kappa shape index (κ3) is 1.79. The molecule has 3 heteroatoms. The van der Waals surface area contributed by atoms with Gasteiger partial charge in [0, 0.05) is 16.9 Å². The monoisotopic (exact) mass is 303 g/mol. The van der Waals surface area contributed by atoms with E-state index in [1.54, 1.807) is 0 Å². The summed E-state index contributed by atoms with van der Waals surface area (Å²) in [5, 5.41) is 21.3. The number of aliphatic hydroxyl groups excluding tert-OH is 2. The maximum Gasteiger partial charge on any atom is 0.0793 e. The Kier molecular flexibility index (Phi) is 3.18. The maximum atomic E-state index is 10.9. The van der Waals surface area contributed by atoms with Crippen molar-refractivity contribution in [3.63, 3.8) is 0 Å². The normalized spacial score (nSPS) is 51.0. The SMILES string of the molecule is C[C@]12CC[C@H](N)C=C1C[C@H](O)C1=C2CC[C@]2(C)[C@@H](O)CC[C@@H]12. The molecule has 4 aliphatic rings. The van der Waals surface area contributed by atoms with Crippen LogP contribution < -0.4 is 5.73 Å². The highest BCUT2D eigenvalue weighted by atomic mass is 16.3. The van der Waals surface area contributed by atoms with Crippen molar-refractivity contribution in [2.45, 2.75) is 77.0 Å². The minimum absolute atomic E-state index is 0.0253. The molecule has 4 rings (SSSR count). The van der Waals surface area contributed by atoms with Crippen LogP contribution in [0.4, 0.5) is 0 Å². The molecule has 0 saturated heterocycles. The molecule has 4 N–H and O–H groups in total. The molecule has 0 aromatic heterocycles. The number of allylic oxidation sites excluding steroid dienone is 1. The molecule has 0 spiro atoms. The Labute approximate surface area is 133 Å². The van der Waals surface area contributed by atoms with Crippen molar-refractivity contribution in [3.05, 3.63) is 22.8 Å². The van der Waals surface area contributed by atoms with Crippen molar-refractivity contribution < 1.29 is 10.2 Å². The van der Waals surface area contributed by atoms with Crippen molar-refractivity contribution in [1.29, 1.82) is 0 Å². The van der Waals surface area contributed by atoms with Crippen LogP contribution in [-0.4, -0.2) is 28.5 Å². The van der Waals surface area contributed by atoms with Crippen molar-refractivity contribution in [2.75, 3.05) is 0 Å². The minimum atomic E-state index is -0.366. The molecule has 122 valence electrons. The highest BCUT2D eigenvalue weighted by Gasteiger charge is 2.55. The summed E-state index contributed by atoms with van der Waals surface area (Å²) in [5.74, 6) is 0.371. The van der Waals surface area contributed by atoms with E-state index in [9.17, 15) is 10.2 Å². The van der Waals surface area contributed by atoms with Crippen LogP contribution in [0.3, 0.4) is 0 Å². The van der Waals surface area contributed by atoms with Gasteiger partial charge >= 0.3 is 0 Å². The topological polar surface area (TPSA) is 66.5 Å². The number of rotatable bonds is 0. The summed E-state index contributed by atoms with van der Waals surface area (Å²) in [4.78, 5) is 0. The van der Waals surface area contributed by atoms with Crippen LogP contribution in [0.5, 0.6) is 0 Å². The molecular weight excluding hydrogens is 274 g/mol. The van der Waals surface area contributed by atoms with Crippen LogP contribution in [0.25, 0.3) is 0 Å². The van der Waals surface area contributed by atoms with E-state index in [2.05, 4.69) is 19.9 Å². The van der Waals surface area contributed by atoms with Crippen LogP contribution in [0.1, 0.15) is 58.8 Å². The Morgan fingerprint density at radius 2 is 1.91 bits per heavy atom. The molecule has 0 aliphatic heterocycles. The van der Waals surface area contributed by atoms with Crippen molar-refractivity contribution in [3.8, 4) is 0 Å². The zero-order valence-electron chi connectivity index (χ0n) is 13.8. The number of hydrogen-bond acceptors (Lipinski definition) is 3. The summed E-state index contributed by atoms with van der Waals surface area (Å²) in [6.07, 6.45) is 8.53. The van der Waals surface area contributed by atoms with Crippen LogP contribution >= 0.6 is 0 Å². The lowest BCUT2D eigenvalue weighted by Crippen LogP contribution is -2.46. The van der Waals surface area contributed by atoms with Crippen LogP contribution in [-0.2, 0) is 0 Å². The molecule has 4 aliphatic carbocycles. The Morgan fingerprint density at radius 3 is 2.68 bits per heavy atom. The van der Waals surface area contributed by atoms with E-state index in [1.807, 2.05) is 0 Å². The molecule has 0 aromatic rings. The van der Waals surface area contributed by atoms with Gasteiger partial charge in [0.05, 0.1) is 12.2 Å². The number of fused-ring (bicyclic) bond motifs is 4. The molecule has 1 saturated carbocycles. The third-order valence-electron chi connectivity index (χ3n) is 7.46. The predicted octanol–water partition coefficient (Wildman–Crippen LogP) is 2.67. The maximum absolute atomic E-state index is 10.9. The first-order chi connectivity index (χ1) is 10.4. The van der Waals surface area contributed by atoms with Gasteiger partial charge in [-0.1, -0.05) is 31.1 Å². The number of aliphatic hydroxyl groups is 2. The fourth-order valence-electron chi connectivity index (χ4n) is 5.94. The zero-order valence-corrected chi connectivity index (χ0v) is 13.8. The summed E-state index contributed by atoms with van der Waals surface area (Å²) in [5.41, 5.74) is 10.4. The van der Waals surface area contributed by atoms with E-state index in [0.717, 1.165) is 44.9 Å². The smallest absolute Gasteiger partial charge is 0.0793 e. The van der Waals surface area contributed by atoms with Gasteiger partial charge in [-0.3, -0.25) is 0 Å². The lowest BCUT2D eigenvalue weighted by atomic mass is 9.53. The van der Waals surface area contributed by atoms with Crippen LogP contribution in [0.15, 0.2) is 22.8 Å². The number of hydrogen-bond donors (Lipinski definition) is 3. The summed E-state index contributed by atoms with van der Waals surface area (Å²) in [7, 11) is 0. The summed E-state index contributed by atoms with van der Waals surface area (Å²) < 4.78 is 0.